The zero-order chi connectivity index (χ0) is 18.8. The largest absolute Gasteiger partial charge is 0.465 e. The Hall–Kier alpha value is -1.91. The molecule has 0 bridgehead atoms. The highest BCUT2D eigenvalue weighted by Gasteiger charge is 2.32. The van der Waals surface area contributed by atoms with Gasteiger partial charge in [-0.05, 0) is 36.4 Å². The molecule has 0 aliphatic carbocycles. The zero-order valence-corrected chi connectivity index (χ0v) is 16.7. The number of nitrogens with one attached hydrogen (secondary N) is 1. The molecule has 10 heteroatoms. The zero-order valence-electron chi connectivity index (χ0n) is 12.7. The highest BCUT2D eigenvalue weighted by molar-refractivity contribution is 9.10. The highest BCUT2D eigenvalue weighted by Crippen LogP contribution is 2.25. The molecule has 3 N–H and O–H groups in total. The van der Waals surface area contributed by atoms with E-state index in [1.54, 1.807) is 24.3 Å². The van der Waals surface area contributed by atoms with Crippen molar-refractivity contribution in [2.75, 3.05) is 12.8 Å². The normalized spacial score (nSPS) is 14.0. The molecule has 0 atom stereocenters. The van der Waals surface area contributed by atoms with E-state index in [4.69, 9.17) is 5.73 Å². The first-order valence-corrected chi connectivity index (χ1v) is 9.72. The predicted octanol–water partition coefficient (Wildman–Crippen LogP) is 2.70. The molecule has 0 aromatic heterocycles. The lowest BCUT2D eigenvalue weighted by atomic mass is 10.2. The van der Waals surface area contributed by atoms with Crippen LogP contribution in [0, 0.1) is 0 Å². The molecule has 132 valence electrons. The molecule has 25 heavy (non-hydrogen) atoms. The number of carbonyl (C=O) groups excluding carboxylic acids is 2. The van der Waals surface area contributed by atoms with Crippen molar-refractivity contribution in [3.05, 3.63) is 56.5 Å². The number of hydrogen-bond donors (Lipinski definition) is 2. The summed E-state index contributed by atoms with van der Waals surface area (Å²) >= 11 is 6.37. The fourth-order valence-electron chi connectivity index (χ4n) is 1.97. The molecular formula is C15H12Br2N2O5S. The fraction of sp³-hybridized carbons (Fsp3) is 0.0667. The van der Waals surface area contributed by atoms with Crippen LogP contribution in [0.5, 0.6) is 0 Å². The SMILES string of the molecule is COC(=O)c1ccc(Br)cc1N.O=C1NS(=O)(=O)c2cc(Br)ccc21. The first-order valence-electron chi connectivity index (χ1n) is 6.65. The number of amides is 1. The van der Waals surface area contributed by atoms with E-state index >= 15 is 0 Å². The van der Waals surface area contributed by atoms with Gasteiger partial charge in [-0.15, -0.1) is 0 Å². The van der Waals surface area contributed by atoms with Crippen LogP contribution in [-0.2, 0) is 14.8 Å². The second-order valence-electron chi connectivity index (χ2n) is 4.80. The maximum atomic E-state index is 11.3. The van der Waals surface area contributed by atoms with Crippen molar-refractivity contribution in [2.45, 2.75) is 4.90 Å². The van der Waals surface area contributed by atoms with E-state index in [-0.39, 0.29) is 10.5 Å². The number of methoxy groups -OCH3 is 1. The van der Waals surface area contributed by atoms with Crippen LogP contribution in [0.3, 0.4) is 0 Å². The van der Waals surface area contributed by atoms with Gasteiger partial charge in [0.25, 0.3) is 15.9 Å². The number of benzene rings is 2. The van der Waals surface area contributed by atoms with Crippen molar-refractivity contribution in [3.8, 4) is 0 Å². The number of esters is 1. The molecule has 0 fully saturated rings. The summed E-state index contributed by atoms with van der Waals surface area (Å²) in [5.74, 6) is -0.984. The number of anilines is 1. The molecule has 0 radical (unpaired) electrons. The Morgan fingerprint density at radius 3 is 2.32 bits per heavy atom. The summed E-state index contributed by atoms with van der Waals surface area (Å²) in [6, 6.07) is 9.52. The van der Waals surface area contributed by atoms with Gasteiger partial charge in [0.1, 0.15) is 4.90 Å². The van der Waals surface area contributed by atoms with Crippen molar-refractivity contribution in [2.24, 2.45) is 0 Å². The number of sulfonamides is 1. The third kappa shape index (κ3) is 4.39. The molecule has 1 aliphatic rings. The van der Waals surface area contributed by atoms with Gasteiger partial charge in [-0.3, -0.25) is 4.79 Å². The minimum Gasteiger partial charge on any atom is -0.465 e. The Balaban J connectivity index is 0.000000181. The molecule has 2 aromatic carbocycles. The van der Waals surface area contributed by atoms with Crippen LogP contribution >= 0.6 is 31.9 Å². The van der Waals surface area contributed by atoms with Crippen LogP contribution in [0.25, 0.3) is 0 Å². The van der Waals surface area contributed by atoms with Gasteiger partial charge in [0, 0.05) is 14.6 Å². The van der Waals surface area contributed by atoms with Crippen LogP contribution in [0.2, 0.25) is 0 Å². The molecule has 0 unspecified atom stereocenters. The second kappa shape index (κ2) is 7.54. The second-order valence-corrected chi connectivity index (χ2v) is 8.28. The number of ether oxygens (including phenoxy) is 1. The van der Waals surface area contributed by atoms with Gasteiger partial charge in [0.2, 0.25) is 0 Å². The van der Waals surface area contributed by atoms with E-state index in [1.165, 1.54) is 19.2 Å². The van der Waals surface area contributed by atoms with E-state index in [0.717, 1.165) is 4.47 Å². The quantitative estimate of drug-likeness (QED) is 0.468. The number of fused-ring (bicyclic) bond motifs is 1. The lowest BCUT2D eigenvalue weighted by Gasteiger charge is -2.02. The Kier molecular flexibility index (Phi) is 5.86. The minimum atomic E-state index is -3.61. The molecule has 3 rings (SSSR count). The van der Waals surface area contributed by atoms with Crippen molar-refractivity contribution >= 4 is 59.4 Å². The summed E-state index contributed by atoms with van der Waals surface area (Å²) in [6.07, 6.45) is 0. The van der Waals surface area contributed by atoms with Crippen LogP contribution < -0.4 is 10.5 Å². The van der Waals surface area contributed by atoms with Crippen LogP contribution in [0.4, 0.5) is 5.69 Å². The maximum absolute atomic E-state index is 11.3. The summed E-state index contributed by atoms with van der Waals surface area (Å²) < 4.78 is 30.4. The van der Waals surface area contributed by atoms with Gasteiger partial charge in [0.05, 0.1) is 18.2 Å². The van der Waals surface area contributed by atoms with E-state index < -0.39 is 21.9 Å². The molecule has 0 saturated heterocycles. The highest BCUT2D eigenvalue weighted by atomic mass is 79.9. The Bertz CT molecular complexity index is 960. The molecule has 1 heterocycles. The van der Waals surface area contributed by atoms with Crippen LogP contribution in [0.1, 0.15) is 20.7 Å². The Morgan fingerprint density at radius 1 is 1.12 bits per heavy atom. The van der Waals surface area contributed by atoms with Crippen molar-refractivity contribution in [3.63, 3.8) is 0 Å². The maximum Gasteiger partial charge on any atom is 0.339 e. The monoisotopic (exact) mass is 490 g/mol. The Morgan fingerprint density at radius 2 is 1.72 bits per heavy atom. The number of halogens is 2. The van der Waals surface area contributed by atoms with Crippen molar-refractivity contribution in [1.29, 1.82) is 0 Å². The van der Waals surface area contributed by atoms with Gasteiger partial charge >= 0.3 is 5.97 Å². The van der Waals surface area contributed by atoms with Gasteiger partial charge in [-0.2, -0.15) is 0 Å². The summed E-state index contributed by atoms with van der Waals surface area (Å²) in [4.78, 5) is 22.1. The van der Waals surface area contributed by atoms with E-state index in [9.17, 15) is 18.0 Å². The first-order chi connectivity index (χ1) is 11.7. The summed E-state index contributed by atoms with van der Waals surface area (Å²) in [6.45, 7) is 0. The molecule has 0 saturated carbocycles. The lowest BCUT2D eigenvalue weighted by molar-refractivity contribution is 0.0601. The number of carbonyl (C=O) groups is 2. The van der Waals surface area contributed by atoms with Gasteiger partial charge in [-0.1, -0.05) is 31.9 Å². The minimum absolute atomic E-state index is 0.0341. The number of nitrogens with two attached hydrogens (primary N) is 1. The van der Waals surface area contributed by atoms with Crippen LogP contribution in [0.15, 0.2) is 50.2 Å². The first kappa shape index (κ1) is 19.4. The topological polar surface area (TPSA) is 116 Å². The Labute approximate surface area is 160 Å². The van der Waals surface area contributed by atoms with Crippen molar-refractivity contribution < 1.29 is 22.7 Å². The molecule has 7 nitrogen and oxygen atoms in total. The number of nitrogen functional groups attached to an aromatic ring is 1. The molecular weight excluding hydrogens is 480 g/mol. The molecule has 1 aliphatic heterocycles. The molecule has 1 amide bonds. The van der Waals surface area contributed by atoms with E-state index in [1.807, 2.05) is 4.72 Å². The summed E-state index contributed by atoms with van der Waals surface area (Å²) in [5.41, 5.74) is 6.57. The van der Waals surface area contributed by atoms with Gasteiger partial charge < -0.3 is 10.5 Å². The average Bonchev–Trinajstić information content (AvgIpc) is 2.76. The third-order valence-electron chi connectivity index (χ3n) is 3.12. The van der Waals surface area contributed by atoms with E-state index in [2.05, 4.69) is 36.6 Å². The average molecular weight is 492 g/mol. The third-order valence-corrected chi connectivity index (χ3v) is 5.48. The van der Waals surface area contributed by atoms with Crippen LogP contribution in [-0.4, -0.2) is 27.4 Å². The van der Waals surface area contributed by atoms with Gasteiger partial charge in [0.15, 0.2) is 0 Å². The number of rotatable bonds is 1. The standard InChI is InChI=1S/C8H8BrNO2.C7H4BrNO3S/c1-12-8(11)6-3-2-5(9)4-7(6)10;8-4-1-2-5-6(3-4)13(11,12)9-7(5)10/h2-4H,10H2,1H3;1-3H,(H,9,10). The fourth-order valence-corrected chi connectivity index (χ4v) is 4.06. The smallest absolute Gasteiger partial charge is 0.339 e. The summed E-state index contributed by atoms with van der Waals surface area (Å²) in [7, 11) is -2.28. The van der Waals surface area contributed by atoms with Crippen molar-refractivity contribution in [1.82, 2.24) is 4.72 Å². The summed E-state index contributed by atoms with van der Waals surface area (Å²) in [5, 5.41) is 0. The van der Waals surface area contributed by atoms with Gasteiger partial charge in [-0.25, -0.2) is 17.9 Å². The number of hydrogen-bond acceptors (Lipinski definition) is 6. The van der Waals surface area contributed by atoms with E-state index in [0.29, 0.717) is 15.7 Å². The molecule has 0 spiro atoms. The molecule has 2 aromatic rings. The lowest BCUT2D eigenvalue weighted by Crippen LogP contribution is -2.20. The predicted molar refractivity (Wildman–Crippen MR) is 98.7 cm³/mol.